The van der Waals surface area contributed by atoms with Gasteiger partial charge in [-0.1, -0.05) is 6.07 Å². The molecule has 8 nitrogen and oxygen atoms in total. The monoisotopic (exact) mass is 336 g/mol. The molecule has 0 amide bonds. The SMILES string of the molecule is CCOC(=O)c1cnc2cccc(CCl)n12.O=S(=O)(O)O. The number of pyridine rings is 1. The second-order valence-electron chi connectivity index (χ2n) is 3.66. The molecule has 2 aromatic rings. The van der Waals surface area contributed by atoms with E-state index >= 15 is 0 Å². The summed E-state index contributed by atoms with van der Waals surface area (Å²) in [4.78, 5) is 15.8. The first-order chi connectivity index (χ1) is 9.77. The van der Waals surface area contributed by atoms with Crippen LogP contribution in [-0.2, 0) is 21.0 Å². The van der Waals surface area contributed by atoms with Crippen molar-refractivity contribution in [1.29, 1.82) is 0 Å². The number of imidazole rings is 1. The minimum atomic E-state index is -4.67. The van der Waals surface area contributed by atoms with Crippen molar-refractivity contribution < 1.29 is 27.1 Å². The maximum absolute atomic E-state index is 11.7. The van der Waals surface area contributed by atoms with E-state index in [1.165, 1.54) is 6.20 Å². The second kappa shape index (κ2) is 7.36. The highest BCUT2D eigenvalue weighted by molar-refractivity contribution is 7.79. The van der Waals surface area contributed by atoms with Gasteiger partial charge in [-0.2, -0.15) is 8.42 Å². The van der Waals surface area contributed by atoms with E-state index < -0.39 is 10.4 Å². The molecule has 0 fully saturated rings. The van der Waals surface area contributed by atoms with E-state index in [0.717, 1.165) is 5.69 Å². The van der Waals surface area contributed by atoms with E-state index in [9.17, 15) is 4.79 Å². The van der Waals surface area contributed by atoms with Crippen LogP contribution >= 0.6 is 11.6 Å². The first-order valence-corrected chi connectivity index (χ1v) is 7.59. The van der Waals surface area contributed by atoms with Gasteiger partial charge in [-0.05, 0) is 19.1 Å². The molecule has 21 heavy (non-hydrogen) atoms. The van der Waals surface area contributed by atoms with Gasteiger partial charge in [0.1, 0.15) is 5.65 Å². The molecule has 2 rings (SSSR count). The third kappa shape index (κ3) is 5.31. The molecule has 0 aliphatic heterocycles. The van der Waals surface area contributed by atoms with Gasteiger partial charge in [-0.25, -0.2) is 9.78 Å². The molecule has 0 saturated heterocycles. The number of fused-ring (bicyclic) bond motifs is 1. The van der Waals surface area contributed by atoms with E-state index in [0.29, 0.717) is 23.8 Å². The van der Waals surface area contributed by atoms with Crippen molar-refractivity contribution in [3.8, 4) is 0 Å². The van der Waals surface area contributed by atoms with Crippen molar-refractivity contribution in [3.05, 3.63) is 35.8 Å². The summed E-state index contributed by atoms with van der Waals surface area (Å²) in [5.74, 6) is -0.0623. The maximum atomic E-state index is 11.7. The standard InChI is InChI=1S/C11H11ClN2O2.H2O4S/c1-2-16-11(15)9-7-13-10-5-3-4-8(6-12)14(9)10;1-5(2,3)4/h3-5,7H,2,6H2,1H3;(H2,1,2,3,4). The summed E-state index contributed by atoms with van der Waals surface area (Å²) in [6.07, 6.45) is 1.50. The fraction of sp³-hybridized carbons (Fsp3) is 0.273. The second-order valence-corrected chi connectivity index (χ2v) is 4.82. The minimum Gasteiger partial charge on any atom is -0.461 e. The average Bonchev–Trinajstić information content (AvgIpc) is 2.80. The molecule has 10 heteroatoms. The molecule has 0 radical (unpaired) electrons. The van der Waals surface area contributed by atoms with Gasteiger partial charge in [0.15, 0.2) is 5.69 Å². The third-order valence-electron chi connectivity index (χ3n) is 2.23. The molecule has 2 aromatic heterocycles. The van der Waals surface area contributed by atoms with E-state index in [-0.39, 0.29) is 5.97 Å². The third-order valence-corrected chi connectivity index (χ3v) is 2.51. The number of carbonyl (C=O) groups excluding carboxylic acids is 1. The summed E-state index contributed by atoms with van der Waals surface area (Å²) in [6.45, 7) is 2.11. The molecule has 0 aromatic carbocycles. The highest BCUT2D eigenvalue weighted by Crippen LogP contribution is 2.13. The number of hydrogen-bond donors (Lipinski definition) is 2. The topological polar surface area (TPSA) is 118 Å². The van der Waals surface area contributed by atoms with Crippen molar-refractivity contribution in [2.24, 2.45) is 0 Å². The van der Waals surface area contributed by atoms with Gasteiger partial charge < -0.3 is 4.74 Å². The molecular formula is C11H13ClN2O6S. The number of rotatable bonds is 3. The number of nitrogens with zero attached hydrogens (tertiary/aromatic N) is 2. The van der Waals surface area contributed by atoms with Gasteiger partial charge in [0.25, 0.3) is 0 Å². The summed E-state index contributed by atoms with van der Waals surface area (Å²) in [5.41, 5.74) is 1.93. The van der Waals surface area contributed by atoms with Crippen LogP contribution in [0.2, 0.25) is 0 Å². The molecular weight excluding hydrogens is 324 g/mol. The van der Waals surface area contributed by atoms with Gasteiger partial charge in [-0.15, -0.1) is 11.6 Å². The van der Waals surface area contributed by atoms with Crippen molar-refractivity contribution in [1.82, 2.24) is 9.38 Å². The fourth-order valence-electron chi connectivity index (χ4n) is 1.56. The average molecular weight is 337 g/mol. The Labute approximate surface area is 125 Å². The van der Waals surface area contributed by atoms with Gasteiger partial charge in [0.05, 0.1) is 18.7 Å². The van der Waals surface area contributed by atoms with E-state index in [1.54, 1.807) is 11.3 Å². The molecule has 0 atom stereocenters. The molecule has 2 N–H and O–H groups in total. The number of esters is 1. The van der Waals surface area contributed by atoms with E-state index in [1.807, 2.05) is 18.2 Å². The summed E-state index contributed by atoms with van der Waals surface area (Å²) < 4.78 is 38.2. The molecule has 0 aliphatic rings. The van der Waals surface area contributed by atoms with Gasteiger partial charge in [0.2, 0.25) is 0 Å². The predicted molar refractivity (Wildman–Crippen MR) is 74.9 cm³/mol. The molecule has 0 bridgehead atoms. The molecule has 0 unspecified atom stereocenters. The Balaban J connectivity index is 0.000000383. The number of halogens is 1. The van der Waals surface area contributed by atoms with Crippen LogP contribution in [0, 0.1) is 0 Å². The van der Waals surface area contributed by atoms with E-state index in [4.69, 9.17) is 33.9 Å². The first kappa shape index (κ1) is 17.4. The number of aromatic nitrogens is 2. The Bertz CT molecular complexity index is 719. The van der Waals surface area contributed by atoms with Crippen LogP contribution in [0.1, 0.15) is 23.1 Å². The highest BCUT2D eigenvalue weighted by Gasteiger charge is 2.14. The zero-order valence-electron chi connectivity index (χ0n) is 10.9. The maximum Gasteiger partial charge on any atom is 0.394 e. The number of carbonyl (C=O) groups is 1. The predicted octanol–water partition coefficient (Wildman–Crippen LogP) is 1.60. The minimum absolute atomic E-state index is 0.320. The summed E-state index contributed by atoms with van der Waals surface area (Å²) in [5, 5.41) is 0. The smallest absolute Gasteiger partial charge is 0.394 e. The molecule has 0 spiro atoms. The first-order valence-electron chi connectivity index (χ1n) is 5.66. The Morgan fingerprint density at radius 2 is 2.05 bits per heavy atom. The number of alkyl halides is 1. The Morgan fingerprint density at radius 3 is 2.57 bits per heavy atom. The van der Waals surface area contributed by atoms with Crippen molar-refractivity contribution in [2.45, 2.75) is 12.8 Å². The lowest BCUT2D eigenvalue weighted by atomic mass is 10.3. The molecule has 116 valence electrons. The summed E-state index contributed by atoms with van der Waals surface area (Å²) in [7, 11) is -4.67. The van der Waals surface area contributed by atoms with Crippen LogP contribution in [0.3, 0.4) is 0 Å². The van der Waals surface area contributed by atoms with Crippen LogP contribution in [0.25, 0.3) is 5.65 Å². The van der Waals surface area contributed by atoms with Crippen LogP contribution in [0.4, 0.5) is 0 Å². The lowest BCUT2D eigenvalue weighted by Gasteiger charge is -2.05. The number of hydrogen-bond acceptors (Lipinski definition) is 5. The molecule has 0 saturated carbocycles. The summed E-state index contributed by atoms with van der Waals surface area (Å²) >= 11 is 5.82. The van der Waals surface area contributed by atoms with Gasteiger partial charge >= 0.3 is 16.4 Å². The van der Waals surface area contributed by atoms with Crippen LogP contribution in [0.5, 0.6) is 0 Å². The van der Waals surface area contributed by atoms with E-state index in [2.05, 4.69) is 4.98 Å². The largest absolute Gasteiger partial charge is 0.461 e. The van der Waals surface area contributed by atoms with Crippen molar-refractivity contribution >= 4 is 33.6 Å². The Morgan fingerprint density at radius 1 is 1.43 bits per heavy atom. The zero-order chi connectivity index (χ0) is 16.0. The van der Waals surface area contributed by atoms with Crippen LogP contribution in [-0.4, -0.2) is 39.5 Å². The van der Waals surface area contributed by atoms with Crippen molar-refractivity contribution in [3.63, 3.8) is 0 Å². The molecule has 2 heterocycles. The lowest BCUT2D eigenvalue weighted by Crippen LogP contribution is -2.09. The number of ether oxygens (including phenoxy) is 1. The lowest BCUT2D eigenvalue weighted by molar-refractivity contribution is 0.0518. The zero-order valence-corrected chi connectivity index (χ0v) is 12.5. The Hall–Kier alpha value is -1.68. The quantitative estimate of drug-likeness (QED) is 0.496. The van der Waals surface area contributed by atoms with Gasteiger partial charge in [0, 0.05) is 5.69 Å². The van der Waals surface area contributed by atoms with Crippen LogP contribution in [0.15, 0.2) is 24.4 Å². The fourth-order valence-corrected chi connectivity index (χ4v) is 1.77. The Kier molecular flexibility index (Phi) is 6.09. The van der Waals surface area contributed by atoms with Crippen LogP contribution < -0.4 is 0 Å². The van der Waals surface area contributed by atoms with Gasteiger partial charge in [-0.3, -0.25) is 13.5 Å². The summed E-state index contributed by atoms with van der Waals surface area (Å²) in [6, 6.07) is 5.53. The highest BCUT2D eigenvalue weighted by atomic mass is 35.5. The normalized spacial score (nSPS) is 10.9. The molecule has 0 aliphatic carbocycles. The van der Waals surface area contributed by atoms with Crippen molar-refractivity contribution in [2.75, 3.05) is 6.61 Å².